The molecule has 4 nitrogen and oxygen atoms in total. The van der Waals surface area contributed by atoms with Crippen molar-refractivity contribution >= 4 is 23.8 Å². The fraction of sp³-hybridized carbons (Fsp3) is 0. The van der Waals surface area contributed by atoms with Gasteiger partial charge in [0.15, 0.2) is 5.82 Å². The summed E-state index contributed by atoms with van der Waals surface area (Å²) >= 11 is 10.6. The maximum absolute atomic E-state index is 13.4. The predicted octanol–water partition coefficient (Wildman–Crippen LogP) is 2.11. The molecule has 2 rings (SSSR count). The summed E-state index contributed by atoms with van der Waals surface area (Å²) in [6.45, 7) is 0. The molecule has 1 aromatic carbocycles. The van der Waals surface area contributed by atoms with Gasteiger partial charge in [-0.2, -0.15) is 5.10 Å². The topological polar surface area (TPSA) is 59.6 Å². The van der Waals surface area contributed by atoms with Crippen molar-refractivity contribution < 1.29 is 4.39 Å². The van der Waals surface area contributed by atoms with Gasteiger partial charge in [-0.1, -0.05) is 11.6 Å². The molecule has 0 aliphatic heterocycles. The van der Waals surface area contributed by atoms with Crippen molar-refractivity contribution in [2.75, 3.05) is 5.84 Å². The van der Waals surface area contributed by atoms with Crippen molar-refractivity contribution in [3.63, 3.8) is 0 Å². The number of nitrogens with two attached hydrogens (primary N) is 1. The van der Waals surface area contributed by atoms with Gasteiger partial charge in [0.2, 0.25) is 4.77 Å². The highest BCUT2D eigenvalue weighted by molar-refractivity contribution is 7.71. The van der Waals surface area contributed by atoms with E-state index in [2.05, 4.69) is 10.2 Å². The maximum Gasteiger partial charge on any atom is 0.214 e. The summed E-state index contributed by atoms with van der Waals surface area (Å²) in [5, 5.41) is 6.68. The number of H-pyrrole nitrogens is 1. The average Bonchev–Trinajstić information content (AvgIpc) is 2.52. The van der Waals surface area contributed by atoms with Crippen LogP contribution < -0.4 is 5.84 Å². The van der Waals surface area contributed by atoms with E-state index in [1.165, 1.54) is 18.2 Å². The van der Waals surface area contributed by atoms with Gasteiger partial charge in [-0.15, -0.1) is 0 Å². The van der Waals surface area contributed by atoms with Crippen LogP contribution in [-0.4, -0.2) is 14.9 Å². The molecular formula is C8H6ClFN4S. The van der Waals surface area contributed by atoms with Crippen molar-refractivity contribution in [1.29, 1.82) is 0 Å². The number of halogens is 2. The Kier molecular flexibility index (Phi) is 2.45. The summed E-state index contributed by atoms with van der Waals surface area (Å²) in [7, 11) is 0. The van der Waals surface area contributed by atoms with Crippen LogP contribution in [0, 0.1) is 10.6 Å². The second kappa shape index (κ2) is 3.63. The molecule has 1 aromatic heterocycles. The van der Waals surface area contributed by atoms with E-state index in [1.54, 1.807) is 0 Å². The van der Waals surface area contributed by atoms with Crippen molar-refractivity contribution in [2.45, 2.75) is 0 Å². The Labute approximate surface area is 94.5 Å². The van der Waals surface area contributed by atoms with Crippen LogP contribution in [0.4, 0.5) is 4.39 Å². The predicted molar refractivity (Wildman–Crippen MR) is 58.0 cm³/mol. The number of rotatable bonds is 1. The highest BCUT2D eigenvalue weighted by atomic mass is 35.5. The standard InChI is InChI=1S/C8H6ClFN4S/c9-4-1-2-6(10)5(3-4)7-12-13-8(15)14(7)11/h1-3H,11H2,(H,13,15). The molecule has 0 aliphatic carbocycles. The lowest BCUT2D eigenvalue weighted by Gasteiger charge is -2.02. The van der Waals surface area contributed by atoms with Crippen LogP contribution in [0.1, 0.15) is 0 Å². The van der Waals surface area contributed by atoms with Gasteiger partial charge in [0, 0.05) is 5.02 Å². The fourth-order valence-corrected chi connectivity index (χ4v) is 1.47. The fourth-order valence-electron chi connectivity index (χ4n) is 1.16. The lowest BCUT2D eigenvalue weighted by Crippen LogP contribution is -2.10. The van der Waals surface area contributed by atoms with Crippen LogP contribution in [0.3, 0.4) is 0 Å². The number of aromatic amines is 1. The molecule has 0 aliphatic rings. The van der Waals surface area contributed by atoms with Crippen molar-refractivity contribution in [1.82, 2.24) is 14.9 Å². The zero-order valence-electron chi connectivity index (χ0n) is 7.37. The second-order valence-electron chi connectivity index (χ2n) is 2.85. The molecule has 0 saturated carbocycles. The molecule has 0 unspecified atom stereocenters. The molecule has 0 fully saturated rings. The van der Waals surface area contributed by atoms with Gasteiger partial charge in [0.25, 0.3) is 0 Å². The lowest BCUT2D eigenvalue weighted by atomic mass is 10.2. The third-order valence-electron chi connectivity index (χ3n) is 1.87. The van der Waals surface area contributed by atoms with E-state index in [0.29, 0.717) is 5.02 Å². The molecule has 78 valence electrons. The molecule has 3 N–H and O–H groups in total. The molecule has 0 amide bonds. The van der Waals surface area contributed by atoms with Crippen LogP contribution in [0.15, 0.2) is 18.2 Å². The van der Waals surface area contributed by atoms with Crippen LogP contribution in [0.5, 0.6) is 0 Å². The van der Waals surface area contributed by atoms with Gasteiger partial charge in [0.05, 0.1) is 5.56 Å². The van der Waals surface area contributed by atoms with Gasteiger partial charge in [-0.25, -0.2) is 14.2 Å². The first-order valence-corrected chi connectivity index (χ1v) is 4.76. The molecule has 2 aromatic rings. The maximum atomic E-state index is 13.4. The minimum Gasteiger partial charge on any atom is -0.335 e. The number of benzene rings is 1. The SMILES string of the molecule is Nn1c(-c2cc(Cl)ccc2F)n[nH]c1=S. The number of nitrogens with one attached hydrogen (secondary N) is 1. The third kappa shape index (κ3) is 1.73. The molecule has 0 bridgehead atoms. The normalized spacial score (nSPS) is 10.5. The molecule has 0 saturated heterocycles. The van der Waals surface area contributed by atoms with E-state index in [4.69, 9.17) is 29.7 Å². The first kappa shape index (κ1) is 10.1. The van der Waals surface area contributed by atoms with Crippen molar-refractivity contribution in [2.24, 2.45) is 0 Å². The minimum atomic E-state index is -0.458. The van der Waals surface area contributed by atoms with Gasteiger partial charge < -0.3 is 5.84 Å². The monoisotopic (exact) mass is 244 g/mol. The zero-order valence-corrected chi connectivity index (χ0v) is 8.94. The van der Waals surface area contributed by atoms with E-state index >= 15 is 0 Å². The summed E-state index contributed by atoms with van der Waals surface area (Å²) in [6.07, 6.45) is 0. The van der Waals surface area contributed by atoms with Gasteiger partial charge >= 0.3 is 0 Å². The van der Waals surface area contributed by atoms with Crippen LogP contribution in [0.25, 0.3) is 11.4 Å². The number of hydrogen-bond acceptors (Lipinski definition) is 3. The average molecular weight is 245 g/mol. The molecular weight excluding hydrogens is 239 g/mol. The Morgan fingerprint density at radius 3 is 2.87 bits per heavy atom. The van der Waals surface area contributed by atoms with Gasteiger partial charge in [-0.05, 0) is 30.4 Å². The first-order chi connectivity index (χ1) is 7.09. The van der Waals surface area contributed by atoms with E-state index < -0.39 is 5.82 Å². The van der Waals surface area contributed by atoms with Crippen LogP contribution in [0.2, 0.25) is 5.02 Å². The molecule has 7 heteroatoms. The van der Waals surface area contributed by atoms with E-state index in [9.17, 15) is 4.39 Å². The van der Waals surface area contributed by atoms with E-state index in [1.807, 2.05) is 0 Å². The number of hydrogen-bond donors (Lipinski definition) is 2. The van der Waals surface area contributed by atoms with Crippen LogP contribution >= 0.6 is 23.8 Å². The lowest BCUT2D eigenvalue weighted by molar-refractivity contribution is 0.629. The Morgan fingerprint density at radius 2 is 2.27 bits per heavy atom. The second-order valence-corrected chi connectivity index (χ2v) is 3.67. The molecule has 1 heterocycles. The molecule has 0 spiro atoms. The molecule has 15 heavy (non-hydrogen) atoms. The van der Waals surface area contributed by atoms with Gasteiger partial charge in [-0.3, -0.25) is 0 Å². The highest BCUT2D eigenvalue weighted by Gasteiger charge is 2.11. The third-order valence-corrected chi connectivity index (χ3v) is 2.40. The number of nitrogens with zero attached hydrogens (tertiary/aromatic N) is 2. The van der Waals surface area contributed by atoms with E-state index in [-0.39, 0.29) is 16.2 Å². The quantitative estimate of drug-likeness (QED) is 0.597. The van der Waals surface area contributed by atoms with Gasteiger partial charge in [0.1, 0.15) is 5.82 Å². The number of aromatic nitrogens is 3. The summed E-state index contributed by atoms with van der Waals surface area (Å²) in [5.74, 6) is 5.31. The molecule has 0 atom stereocenters. The summed E-state index contributed by atoms with van der Waals surface area (Å²) in [5.41, 5.74) is 0.206. The van der Waals surface area contributed by atoms with Crippen molar-refractivity contribution in [3.8, 4) is 11.4 Å². The Balaban J connectivity index is 2.68. The minimum absolute atomic E-state index is 0.206. The summed E-state index contributed by atoms with van der Waals surface area (Å²) < 4.78 is 14.7. The Bertz CT molecular complexity index is 562. The Hall–Kier alpha value is -1.40. The first-order valence-electron chi connectivity index (χ1n) is 3.97. The highest BCUT2D eigenvalue weighted by Crippen LogP contribution is 2.23. The van der Waals surface area contributed by atoms with Crippen LogP contribution in [-0.2, 0) is 0 Å². The largest absolute Gasteiger partial charge is 0.335 e. The summed E-state index contributed by atoms with van der Waals surface area (Å²) in [4.78, 5) is 0. The number of nitrogen functional groups attached to an aromatic ring is 1. The smallest absolute Gasteiger partial charge is 0.214 e. The van der Waals surface area contributed by atoms with Crippen molar-refractivity contribution in [3.05, 3.63) is 33.8 Å². The molecule has 0 radical (unpaired) electrons. The summed E-state index contributed by atoms with van der Waals surface area (Å²) in [6, 6.07) is 4.13. The Morgan fingerprint density at radius 1 is 1.53 bits per heavy atom. The van der Waals surface area contributed by atoms with E-state index in [0.717, 1.165) is 4.68 Å². The zero-order chi connectivity index (χ0) is 11.0.